The van der Waals surface area contributed by atoms with E-state index in [9.17, 15) is 24.1 Å². The number of hydrogen-bond acceptors (Lipinski definition) is 6. The minimum absolute atomic E-state index is 0.333. The van der Waals surface area contributed by atoms with Crippen LogP contribution in [0.3, 0.4) is 0 Å². The Balaban J connectivity index is 1.59. The molecule has 0 saturated carbocycles. The Kier molecular flexibility index (Phi) is 5.59. The van der Waals surface area contributed by atoms with Gasteiger partial charge in [0.25, 0.3) is 5.56 Å². The molecule has 9 nitrogen and oxygen atoms in total. The van der Waals surface area contributed by atoms with E-state index in [4.69, 9.17) is 0 Å². The Hall–Kier alpha value is -3.01. The summed E-state index contributed by atoms with van der Waals surface area (Å²) in [7, 11) is 3.10. The van der Waals surface area contributed by atoms with Crippen molar-refractivity contribution in [2.45, 2.75) is 6.42 Å². The van der Waals surface area contributed by atoms with Crippen molar-refractivity contribution in [3.63, 3.8) is 0 Å². The van der Waals surface area contributed by atoms with E-state index in [1.54, 1.807) is 13.1 Å². The third kappa shape index (κ3) is 3.96. The summed E-state index contributed by atoms with van der Waals surface area (Å²) in [5, 5.41) is 10.7. The second-order valence-electron chi connectivity index (χ2n) is 6.86. The lowest BCUT2D eigenvalue weighted by Crippen LogP contribution is -2.49. The Morgan fingerprint density at radius 2 is 1.75 bits per heavy atom. The summed E-state index contributed by atoms with van der Waals surface area (Å²) in [6.45, 7) is 3.49. The van der Waals surface area contributed by atoms with Gasteiger partial charge in [-0.1, -0.05) is 6.07 Å². The van der Waals surface area contributed by atoms with Crippen molar-refractivity contribution in [1.29, 1.82) is 0 Å². The number of aromatic nitrogens is 2. The molecule has 150 valence electrons. The first kappa shape index (κ1) is 19.7. The third-order valence-electron chi connectivity index (χ3n) is 5.12. The second-order valence-corrected chi connectivity index (χ2v) is 6.86. The molecular formula is C18H22FN5O4. The van der Waals surface area contributed by atoms with Crippen molar-refractivity contribution in [1.82, 2.24) is 14.0 Å². The molecule has 1 aromatic carbocycles. The van der Waals surface area contributed by atoms with Gasteiger partial charge in [-0.05, 0) is 18.1 Å². The van der Waals surface area contributed by atoms with Crippen LogP contribution in [-0.4, -0.2) is 51.7 Å². The Morgan fingerprint density at radius 1 is 1.07 bits per heavy atom. The zero-order chi connectivity index (χ0) is 20.4. The highest BCUT2D eigenvalue weighted by Gasteiger charge is 2.20. The Bertz CT molecular complexity index is 1010. The van der Waals surface area contributed by atoms with Crippen LogP contribution >= 0.6 is 0 Å². The summed E-state index contributed by atoms with van der Waals surface area (Å²) >= 11 is 0. The number of hydrogen-bond donors (Lipinski definition) is 0. The van der Waals surface area contributed by atoms with Crippen LogP contribution in [0.15, 0.2) is 33.9 Å². The van der Waals surface area contributed by atoms with Gasteiger partial charge >= 0.3 is 11.4 Å². The highest BCUT2D eigenvalue weighted by Crippen LogP contribution is 2.19. The fraction of sp³-hybridized carbons (Fsp3) is 0.444. The quantitative estimate of drug-likeness (QED) is 0.544. The second kappa shape index (κ2) is 7.93. The number of piperazine rings is 1. The number of benzene rings is 1. The first-order valence-electron chi connectivity index (χ1n) is 8.95. The van der Waals surface area contributed by atoms with Gasteiger partial charge in [0.1, 0.15) is 5.82 Å². The summed E-state index contributed by atoms with van der Waals surface area (Å²) in [6.07, 6.45) is 0.583. The van der Waals surface area contributed by atoms with Crippen LogP contribution in [-0.2, 0) is 20.5 Å². The van der Waals surface area contributed by atoms with E-state index in [1.807, 2.05) is 4.90 Å². The molecule has 0 amide bonds. The van der Waals surface area contributed by atoms with Gasteiger partial charge < -0.3 is 4.90 Å². The van der Waals surface area contributed by atoms with E-state index < -0.39 is 16.4 Å². The molecule has 2 heterocycles. The zero-order valence-electron chi connectivity index (χ0n) is 15.8. The molecule has 0 radical (unpaired) electrons. The number of nitrogens with zero attached hydrogens (tertiary/aromatic N) is 5. The predicted octanol–water partition coefficient (Wildman–Crippen LogP) is 0.496. The van der Waals surface area contributed by atoms with Crippen LogP contribution < -0.4 is 16.1 Å². The molecule has 0 spiro atoms. The lowest BCUT2D eigenvalue weighted by Gasteiger charge is -2.36. The molecule has 1 aliphatic rings. The SMILES string of the molecule is Cn1c(N2CCN(CCc3ccc([N+](=O)[O-])c(F)c3)CC2)cc(=O)n(C)c1=O. The smallest absolute Gasteiger partial charge is 0.332 e. The van der Waals surface area contributed by atoms with Gasteiger partial charge in [-0.25, -0.2) is 4.79 Å². The van der Waals surface area contributed by atoms with Crippen molar-refractivity contribution in [2.24, 2.45) is 14.1 Å². The third-order valence-corrected chi connectivity index (χ3v) is 5.12. The van der Waals surface area contributed by atoms with Crippen molar-refractivity contribution >= 4 is 11.5 Å². The minimum Gasteiger partial charge on any atom is -0.355 e. The van der Waals surface area contributed by atoms with E-state index >= 15 is 0 Å². The number of rotatable bonds is 5. The standard InChI is InChI=1S/C18H22FN5O4/c1-20-16(12-17(25)21(2)18(20)26)23-9-7-22(8-10-23)6-5-13-3-4-15(24(27)28)14(19)11-13/h3-4,11-12H,5-10H2,1-2H3. The molecule has 10 heteroatoms. The maximum Gasteiger partial charge on any atom is 0.332 e. The van der Waals surface area contributed by atoms with Gasteiger partial charge in [-0.2, -0.15) is 4.39 Å². The Labute approximate surface area is 160 Å². The van der Waals surface area contributed by atoms with E-state index in [2.05, 4.69) is 4.90 Å². The normalized spacial score (nSPS) is 15.0. The summed E-state index contributed by atoms with van der Waals surface area (Å²) in [6, 6.07) is 5.45. The molecule has 3 rings (SSSR count). The number of nitro groups is 1. The summed E-state index contributed by atoms with van der Waals surface area (Å²) < 4.78 is 16.3. The van der Waals surface area contributed by atoms with Crippen LogP contribution in [0, 0.1) is 15.9 Å². The molecule has 28 heavy (non-hydrogen) atoms. The molecule has 0 aliphatic carbocycles. The number of halogens is 1. The predicted molar refractivity (Wildman–Crippen MR) is 102 cm³/mol. The maximum atomic E-state index is 13.7. The summed E-state index contributed by atoms with van der Waals surface area (Å²) in [4.78, 5) is 38.2. The molecule has 1 aliphatic heterocycles. The van der Waals surface area contributed by atoms with E-state index in [-0.39, 0.29) is 11.2 Å². The van der Waals surface area contributed by atoms with Crippen molar-refractivity contribution < 1.29 is 9.31 Å². The fourth-order valence-electron chi connectivity index (χ4n) is 3.37. The van der Waals surface area contributed by atoms with Crippen molar-refractivity contribution in [3.8, 4) is 0 Å². The monoisotopic (exact) mass is 391 g/mol. The molecule has 2 aromatic rings. The van der Waals surface area contributed by atoms with Gasteiger partial charge in [0.05, 0.1) is 4.92 Å². The molecule has 1 aromatic heterocycles. The zero-order valence-corrected chi connectivity index (χ0v) is 15.8. The van der Waals surface area contributed by atoms with Crippen LogP contribution in [0.25, 0.3) is 0 Å². The first-order valence-corrected chi connectivity index (χ1v) is 8.95. The van der Waals surface area contributed by atoms with E-state index in [0.717, 1.165) is 17.7 Å². The van der Waals surface area contributed by atoms with E-state index in [1.165, 1.54) is 29.8 Å². The van der Waals surface area contributed by atoms with Crippen molar-refractivity contribution in [2.75, 3.05) is 37.6 Å². The number of anilines is 1. The van der Waals surface area contributed by atoms with Gasteiger partial charge in [0, 0.05) is 59.0 Å². The van der Waals surface area contributed by atoms with Crippen LogP contribution in [0.4, 0.5) is 15.9 Å². The Morgan fingerprint density at radius 3 is 2.36 bits per heavy atom. The lowest BCUT2D eigenvalue weighted by atomic mass is 10.1. The number of nitro benzene ring substituents is 1. The van der Waals surface area contributed by atoms with Gasteiger partial charge in [0.2, 0.25) is 5.82 Å². The van der Waals surface area contributed by atoms with Gasteiger partial charge in [-0.3, -0.25) is 28.9 Å². The molecule has 0 unspecified atom stereocenters. The van der Waals surface area contributed by atoms with E-state index in [0.29, 0.717) is 37.4 Å². The molecule has 0 N–H and O–H groups in total. The average Bonchev–Trinajstić information content (AvgIpc) is 2.68. The maximum absolute atomic E-state index is 13.7. The van der Waals surface area contributed by atoms with Crippen LogP contribution in [0.1, 0.15) is 5.56 Å². The molecule has 0 bridgehead atoms. The lowest BCUT2D eigenvalue weighted by molar-refractivity contribution is -0.387. The minimum atomic E-state index is -0.820. The topological polar surface area (TPSA) is 93.6 Å². The van der Waals surface area contributed by atoms with Crippen molar-refractivity contribution in [3.05, 3.63) is 66.6 Å². The van der Waals surface area contributed by atoms with Crippen LogP contribution in [0.2, 0.25) is 0 Å². The highest BCUT2D eigenvalue weighted by atomic mass is 19.1. The van der Waals surface area contributed by atoms with Gasteiger partial charge in [-0.15, -0.1) is 0 Å². The molecule has 0 atom stereocenters. The molecular weight excluding hydrogens is 369 g/mol. The average molecular weight is 391 g/mol. The molecule has 1 fully saturated rings. The fourth-order valence-corrected chi connectivity index (χ4v) is 3.37. The highest BCUT2D eigenvalue weighted by molar-refractivity contribution is 5.39. The van der Waals surface area contributed by atoms with Gasteiger partial charge in [0.15, 0.2) is 0 Å². The summed E-state index contributed by atoms with van der Waals surface area (Å²) in [5.41, 5.74) is -0.498. The largest absolute Gasteiger partial charge is 0.355 e. The first-order chi connectivity index (χ1) is 13.3. The molecule has 1 saturated heterocycles. The van der Waals surface area contributed by atoms with Crippen LogP contribution in [0.5, 0.6) is 0 Å². The summed E-state index contributed by atoms with van der Waals surface area (Å²) in [5.74, 6) is -0.218.